The fourth-order valence-corrected chi connectivity index (χ4v) is 9.19. The predicted octanol–water partition coefficient (Wildman–Crippen LogP) is 14.8. The smallest absolute Gasteiger partial charge is 0.160 e. The third-order valence-corrected chi connectivity index (χ3v) is 12.1. The van der Waals surface area contributed by atoms with Gasteiger partial charge in [-0.25, -0.2) is 9.97 Å². The van der Waals surface area contributed by atoms with Crippen molar-refractivity contribution in [2.24, 2.45) is 0 Å². The summed E-state index contributed by atoms with van der Waals surface area (Å²) in [6.07, 6.45) is 3.64. The zero-order valence-electron chi connectivity index (χ0n) is 33.1. The molecule has 0 saturated heterocycles. The second-order valence-electron chi connectivity index (χ2n) is 15.6. The highest BCUT2D eigenvalue weighted by molar-refractivity contribution is 6.33. The normalized spacial score (nSPS) is 11.6. The van der Waals surface area contributed by atoms with Crippen LogP contribution in [0.3, 0.4) is 0 Å². The topological polar surface area (TPSA) is 43.6 Å². The summed E-state index contributed by atoms with van der Waals surface area (Å²) in [5.74, 6) is 0.691. The Morgan fingerprint density at radius 2 is 0.803 bits per heavy atom. The zero-order chi connectivity index (χ0) is 40.3. The molecule has 3 aromatic heterocycles. The lowest BCUT2D eigenvalue weighted by Crippen LogP contribution is -1.96. The lowest BCUT2D eigenvalue weighted by molar-refractivity contribution is 1.18. The molecule has 0 N–H and O–H groups in total. The summed E-state index contributed by atoms with van der Waals surface area (Å²) >= 11 is 0. The van der Waals surface area contributed by atoms with Crippen LogP contribution in [0.1, 0.15) is 0 Å². The van der Waals surface area contributed by atoms with Crippen LogP contribution in [-0.2, 0) is 0 Å². The summed E-state index contributed by atoms with van der Waals surface area (Å²) in [5.41, 5.74) is 13.0. The summed E-state index contributed by atoms with van der Waals surface area (Å²) in [6.45, 7) is 0. The van der Waals surface area contributed by atoms with Crippen LogP contribution in [0.4, 0.5) is 0 Å². The van der Waals surface area contributed by atoms with Gasteiger partial charge in [-0.05, 0) is 91.6 Å². The molecule has 284 valence electrons. The number of fused-ring (bicyclic) bond motifs is 10. The van der Waals surface area contributed by atoms with Crippen molar-refractivity contribution in [2.45, 2.75) is 0 Å². The summed E-state index contributed by atoms with van der Waals surface area (Å²) in [4.78, 5) is 14.4. The van der Waals surface area contributed by atoms with Crippen molar-refractivity contribution >= 4 is 54.1 Å². The van der Waals surface area contributed by atoms with E-state index in [1.165, 1.54) is 59.7 Å². The molecular formula is C57H36N4. The van der Waals surface area contributed by atoms with Crippen molar-refractivity contribution in [1.29, 1.82) is 0 Å². The molecule has 0 aliphatic rings. The second kappa shape index (κ2) is 14.3. The van der Waals surface area contributed by atoms with Gasteiger partial charge in [0, 0.05) is 50.9 Å². The van der Waals surface area contributed by atoms with Gasteiger partial charge in [0.1, 0.15) is 0 Å². The molecule has 0 saturated carbocycles. The van der Waals surface area contributed by atoms with Crippen molar-refractivity contribution in [3.63, 3.8) is 0 Å². The Balaban J connectivity index is 0.992. The van der Waals surface area contributed by atoms with E-state index in [9.17, 15) is 0 Å². The third kappa shape index (κ3) is 5.88. The van der Waals surface area contributed by atoms with Crippen LogP contribution in [0.15, 0.2) is 219 Å². The molecule has 0 aliphatic heterocycles. The minimum Gasteiger partial charge on any atom is -0.309 e. The van der Waals surface area contributed by atoms with E-state index in [0.717, 1.165) is 50.5 Å². The SMILES string of the molecule is c1ccc(-c2cc(-c3ccc(-c4ccc5c(c4)c4ccccc4c4ccc6c7ccccc7n(-c7ccccc7)c6c45)cc3)nc(-c3ccc(-c4ccncc4)cc3)n2)cc1. The maximum Gasteiger partial charge on any atom is 0.160 e. The van der Waals surface area contributed by atoms with E-state index in [0.29, 0.717) is 5.82 Å². The molecule has 9 aromatic carbocycles. The fourth-order valence-electron chi connectivity index (χ4n) is 9.19. The van der Waals surface area contributed by atoms with Crippen molar-refractivity contribution in [1.82, 2.24) is 19.5 Å². The van der Waals surface area contributed by atoms with Crippen molar-refractivity contribution in [3.05, 3.63) is 219 Å². The Labute approximate surface area is 352 Å². The van der Waals surface area contributed by atoms with Gasteiger partial charge in [-0.2, -0.15) is 0 Å². The Kier molecular flexibility index (Phi) is 8.13. The minimum absolute atomic E-state index is 0.691. The molecule has 4 heteroatoms. The third-order valence-electron chi connectivity index (χ3n) is 12.1. The van der Waals surface area contributed by atoms with Gasteiger partial charge in [0.2, 0.25) is 0 Å². The molecule has 0 radical (unpaired) electrons. The van der Waals surface area contributed by atoms with Crippen LogP contribution in [-0.4, -0.2) is 19.5 Å². The monoisotopic (exact) mass is 776 g/mol. The van der Waals surface area contributed by atoms with E-state index in [-0.39, 0.29) is 0 Å². The highest BCUT2D eigenvalue weighted by atomic mass is 15.0. The first-order valence-corrected chi connectivity index (χ1v) is 20.7. The average molecular weight is 777 g/mol. The van der Waals surface area contributed by atoms with Gasteiger partial charge in [0.05, 0.1) is 22.4 Å². The fraction of sp³-hybridized carbons (Fsp3) is 0. The quantitative estimate of drug-likeness (QED) is 0.158. The molecule has 0 spiro atoms. The van der Waals surface area contributed by atoms with Gasteiger partial charge in [-0.15, -0.1) is 0 Å². The molecule has 12 aromatic rings. The molecule has 3 heterocycles. The number of benzene rings is 9. The standard InChI is InChI=1S/C57H36N4/c1-3-11-40(12-4-1)52-36-53(60-57(59-52)42-25-21-37(22-26-42)39-31-33-58-34-32-39)41-23-19-38(20-24-41)43-27-28-49-51(35-43)46-16-8-7-15-45(46)48-29-30-50-47-17-9-10-18-54(47)61(56(50)55(48)49)44-13-5-2-6-14-44/h1-36H. The maximum absolute atomic E-state index is 5.15. The first-order chi connectivity index (χ1) is 30.2. The van der Waals surface area contributed by atoms with Crippen LogP contribution in [0, 0.1) is 0 Å². The van der Waals surface area contributed by atoms with Gasteiger partial charge < -0.3 is 4.57 Å². The molecule has 4 nitrogen and oxygen atoms in total. The molecule has 0 aliphatic carbocycles. The Hall–Kier alpha value is -8.21. The van der Waals surface area contributed by atoms with Crippen molar-refractivity contribution in [2.75, 3.05) is 0 Å². The number of aromatic nitrogens is 4. The number of pyridine rings is 1. The van der Waals surface area contributed by atoms with E-state index in [4.69, 9.17) is 9.97 Å². The zero-order valence-corrected chi connectivity index (χ0v) is 33.1. The highest BCUT2D eigenvalue weighted by Crippen LogP contribution is 2.44. The lowest BCUT2D eigenvalue weighted by atomic mass is 9.90. The van der Waals surface area contributed by atoms with Crippen LogP contribution >= 0.6 is 0 Å². The van der Waals surface area contributed by atoms with E-state index in [2.05, 4.69) is 198 Å². The number of hydrogen-bond acceptors (Lipinski definition) is 3. The van der Waals surface area contributed by atoms with Gasteiger partial charge >= 0.3 is 0 Å². The summed E-state index contributed by atoms with van der Waals surface area (Å²) in [5, 5.41) is 10.0. The van der Waals surface area contributed by atoms with E-state index >= 15 is 0 Å². The van der Waals surface area contributed by atoms with Gasteiger partial charge in [0.25, 0.3) is 0 Å². The van der Waals surface area contributed by atoms with Crippen LogP contribution in [0.5, 0.6) is 0 Å². The highest BCUT2D eigenvalue weighted by Gasteiger charge is 2.19. The van der Waals surface area contributed by atoms with E-state index in [1.54, 1.807) is 0 Å². The van der Waals surface area contributed by atoms with Crippen LogP contribution < -0.4 is 0 Å². The van der Waals surface area contributed by atoms with Crippen LogP contribution in [0.2, 0.25) is 0 Å². The Morgan fingerprint density at radius 1 is 0.311 bits per heavy atom. The molecule has 0 atom stereocenters. The molecule has 0 unspecified atom stereocenters. The van der Waals surface area contributed by atoms with Gasteiger partial charge in [-0.1, -0.05) is 164 Å². The molecule has 0 fully saturated rings. The molecule has 0 bridgehead atoms. The minimum atomic E-state index is 0.691. The van der Waals surface area contributed by atoms with E-state index < -0.39 is 0 Å². The molecule has 61 heavy (non-hydrogen) atoms. The number of hydrogen-bond donors (Lipinski definition) is 0. The predicted molar refractivity (Wildman–Crippen MR) is 254 cm³/mol. The number of nitrogens with zero attached hydrogens (tertiary/aromatic N) is 4. The average Bonchev–Trinajstić information content (AvgIpc) is 3.69. The van der Waals surface area contributed by atoms with E-state index in [1.807, 2.05) is 30.6 Å². The first kappa shape index (κ1) is 34.8. The largest absolute Gasteiger partial charge is 0.309 e. The second-order valence-corrected chi connectivity index (χ2v) is 15.6. The Bertz CT molecular complexity index is 3600. The van der Waals surface area contributed by atoms with Gasteiger partial charge in [0.15, 0.2) is 5.82 Å². The lowest BCUT2D eigenvalue weighted by Gasteiger charge is -2.15. The summed E-state index contributed by atoms with van der Waals surface area (Å²) in [6, 6.07) is 73.8. The van der Waals surface area contributed by atoms with Crippen molar-refractivity contribution in [3.8, 4) is 61.8 Å². The number of para-hydroxylation sites is 2. The summed E-state index contributed by atoms with van der Waals surface area (Å²) in [7, 11) is 0. The van der Waals surface area contributed by atoms with Gasteiger partial charge in [-0.3, -0.25) is 4.98 Å². The summed E-state index contributed by atoms with van der Waals surface area (Å²) < 4.78 is 2.45. The molecule has 0 amide bonds. The molecule has 12 rings (SSSR count). The molecular weight excluding hydrogens is 741 g/mol. The first-order valence-electron chi connectivity index (χ1n) is 20.7. The van der Waals surface area contributed by atoms with Crippen molar-refractivity contribution < 1.29 is 0 Å². The maximum atomic E-state index is 5.15. The Morgan fingerprint density at radius 3 is 1.52 bits per heavy atom. The number of rotatable bonds is 6. The van der Waals surface area contributed by atoms with Crippen LogP contribution in [0.25, 0.3) is 116 Å².